The quantitative estimate of drug-likeness (QED) is 0.161. The molecule has 0 aliphatic heterocycles. The summed E-state index contributed by atoms with van der Waals surface area (Å²) in [7, 11) is 0. The molecular formula is C26H39IN2O. The van der Waals surface area contributed by atoms with Crippen LogP contribution in [0.15, 0.2) is 42.0 Å². The standard InChI is InChI=1S/C26H39IN2O/c1-19(17-25(4,5)6)10-8-9-11-23(27)18-26(7,30)22-12-14-24(15-13-22)29-21(3)16-20(2)28-29/h10,12-16,23,30H,8-9,11,17-18H2,1-7H3/b19-10+. The lowest BCUT2D eigenvalue weighted by molar-refractivity contribution is 0.0479. The summed E-state index contributed by atoms with van der Waals surface area (Å²) in [6.07, 6.45) is 7.73. The van der Waals surface area contributed by atoms with Gasteiger partial charge in [-0.3, -0.25) is 0 Å². The molecule has 2 rings (SSSR count). The third-order valence-electron chi connectivity index (χ3n) is 5.39. The van der Waals surface area contributed by atoms with Gasteiger partial charge in [-0.2, -0.15) is 5.10 Å². The van der Waals surface area contributed by atoms with Gasteiger partial charge in [0, 0.05) is 9.62 Å². The largest absolute Gasteiger partial charge is 0.385 e. The second-order valence-electron chi connectivity index (χ2n) is 10.2. The van der Waals surface area contributed by atoms with E-state index < -0.39 is 5.60 Å². The number of benzene rings is 1. The molecule has 0 saturated carbocycles. The monoisotopic (exact) mass is 522 g/mol. The molecule has 2 unspecified atom stereocenters. The molecule has 30 heavy (non-hydrogen) atoms. The first kappa shape index (κ1) is 25.1. The average Bonchev–Trinajstić information content (AvgIpc) is 2.95. The predicted octanol–water partition coefficient (Wildman–Crippen LogP) is 7.44. The van der Waals surface area contributed by atoms with Crippen molar-refractivity contribution < 1.29 is 5.11 Å². The second kappa shape index (κ2) is 10.4. The first-order valence-electron chi connectivity index (χ1n) is 11.0. The summed E-state index contributed by atoms with van der Waals surface area (Å²) in [5.41, 5.74) is 5.15. The Bertz CT molecular complexity index is 841. The van der Waals surface area contributed by atoms with Crippen LogP contribution in [-0.2, 0) is 5.60 Å². The molecule has 3 nitrogen and oxygen atoms in total. The average molecular weight is 523 g/mol. The predicted molar refractivity (Wildman–Crippen MR) is 137 cm³/mol. The van der Waals surface area contributed by atoms with Crippen LogP contribution in [0.25, 0.3) is 5.69 Å². The molecule has 1 aromatic heterocycles. The van der Waals surface area contributed by atoms with Gasteiger partial charge < -0.3 is 5.11 Å². The van der Waals surface area contributed by atoms with Gasteiger partial charge in [-0.15, -0.1) is 0 Å². The summed E-state index contributed by atoms with van der Waals surface area (Å²) in [6.45, 7) is 15.1. The number of unbranched alkanes of at least 4 members (excludes halogenated alkanes) is 1. The maximum absolute atomic E-state index is 11.1. The van der Waals surface area contributed by atoms with Crippen molar-refractivity contribution in [2.45, 2.75) is 90.1 Å². The lowest BCUT2D eigenvalue weighted by Crippen LogP contribution is -2.25. The van der Waals surface area contributed by atoms with Crippen LogP contribution in [0.3, 0.4) is 0 Å². The maximum atomic E-state index is 11.1. The first-order chi connectivity index (χ1) is 13.9. The Balaban J connectivity index is 1.89. The van der Waals surface area contributed by atoms with E-state index in [1.54, 1.807) is 0 Å². The van der Waals surface area contributed by atoms with Gasteiger partial charge in [-0.05, 0) is 89.0 Å². The van der Waals surface area contributed by atoms with Crippen molar-refractivity contribution in [2.75, 3.05) is 0 Å². The number of aromatic nitrogens is 2. The third-order valence-corrected chi connectivity index (χ3v) is 6.45. The lowest BCUT2D eigenvalue weighted by atomic mass is 9.88. The van der Waals surface area contributed by atoms with Gasteiger partial charge in [-0.1, -0.05) is 67.1 Å². The summed E-state index contributed by atoms with van der Waals surface area (Å²) in [6, 6.07) is 10.2. The molecule has 0 radical (unpaired) electrons. The van der Waals surface area contributed by atoms with Crippen LogP contribution >= 0.6 is 22.6 Å². The molecule has 2 aromatic rings. The number of allylic oxidation sites excluding steroid dienone is 2. The van der Waals surface area contributed by atoms with Gasteiger partial charge in [0.05, 0.1) is 17.0 Å². The molecule has 0 amide bonds. The molecule has 1 aromatic carbocycles. The Kier molecular flexibility index (Phi) is 8.75. The van der Waals surface area contributed by atoms with Gasteiger partial charge >= 0.3 is 0 Å². The van der Waals surface area contributed by atoms with Gasteiger partial charge in [0.25, 0.3) is 0 Å². The zero-order chi connectivity index (χ0) is 22.5. The van der Waals surface area contributed by atoms with Crippen molar-refractivity contribution in [1.82, 2.24) is 9.78 Å². The van der Waals surface area contributed by atoms with Crippen molar-refractivity contribution in [3.8, 4) is 5.69 Å². The van der Waals surface area contributed by atoms with Gasteiger partial charge in [-0.25, -0.2) is 4.68 Å². The molecule has 0 spiro atoms. The van der Waals surface area contributed by atoms with E-state index >= 15 is 0 Å². The number of hydrogen-bond acceptors (Lipinski definition) is 2. The van der Waals surface area contributed by atoms with E-state index in [0.717, 1.165) is 48.3 Å². The molecule has 0 fully saturated rings. The van der Waals surface area contributed by atoms with Crippen molar-refractivity contribution in [2.24, 2.45) is 5.41 Å². The fourth-order valence-electron chi connectivity index (χ4n) is 4.10. The zero-order valence-electron chi connectivity index (χ0n) is 19.8. The number of aryl methyl sites for hydroxylation is 2. The SMILES string of the molecule is C/C(=C\CCCC(I)CC(C)(O)c1ccc(-n2nc(C)cc2C)cc1)CC(C)(C)C. The minimum Gasteiger partial charge on any atom is -0.385 e. The molecule has 0 aliphatic carbocycles. The minimum atomic E-state index is -0.822. The summed E-state index contributed by atoms with van der Waals surface area (Å²) in [5, 5.41) is 15.7. The fourth-order valence-corrected chi connectivity index (χ4v) is 5.40. The van der Waals surface area contributed by atoms with Gasteiger partial charge in [0.15, 0.2) is 0 Å². The van der Waals surface area contributed by atoms with Crippen molar-refractivity contribution in [3.63, 3.8) is 0 Å². The number of alkyl halides is 1. The van der Waals surface area contributed by atoms with Gasteiger partial charge in [0.2, 0.25) is 0 Å². The summed E-state index contributed by atoms with van der Waals surface area (Å²) >= 11 is 2.50. The van der Waals surface area contributed by atoms with Crippen molar-refractivity contribution in [3.05, 3.63) is 58.9 Å². The van der Waals surface area contributed by atoms with Crippen molar-refractivity contribution >= 4 is 22.6 Å². The van der Waals surface area contributed by atoms with E-state index in [9.17, 15) is 5.11 Å². The Labute approximate surface area is 197 Å². The molecule has 2 atom stereocenters. The number of hydrogen-bond donors (Lipinski definition) is 1. The van der Waals surface area contributed by atoms with Crippen LogP contribution in [0.1, 0.15) is 83.7 Å². The Morgan fingerprint density at radius 3 is 2.33 bits per heavy atom. The van der Waals surface area contributed by atoms with E-state index in [2.05, 4.69) is 74.5 Å². The van der Waals surface area contributed by atoms with Crippen LogP contribution < -0.4 is 0 Å². The molecule has 0 saturated heterocycles. The van der Waals surface area contributed by atoms with Crippen LogP contribution in [0, 0.1) is 19.3 Å². The van der Waals surface area contributed by atoms with Crippen molar-refractivity contribution in [1.29, 1.82) is 0 Å². The summed E-state index contributed by atoms with van der Waals surface area (Å²) < 4.78 is 2.40. The second-order valence-corrected chi connectivity index (χ2v) is 11.9. The highest BCUT2D eigenvalue weighted by molar-refractivity contribution is 14.1. The summed E-state index contributed by atoms with van der Waals surface area (Å²) in [5.74, 6) is 0. The van der Waals surface area contributed by atoms with E-state index in [4.69, 9.17) is 0 Å². The highest BCUT2D eigenvalue weighted by Gasteiger charge is 2.26. The van der Waals surface area contributed by atoms with Crippen LogP contribution in [0.2, 0.25) is 0 Å². The first-order valence-corrected chi connectivity index (χ1v) is 12.3. The number of nitrogens with zero attached hydrogens (tertiary/aromatic N) is 2. The third kappa shape index (κ3) is 7.84. The van der Waals surface area contributed by atoms with Crippen LogP contribution in [0.4, 0.5) is 0 Å². The van der Waals surface area contributed by atoms with E-state index in [-0.39, 0.29) is 0 Å². The smallest absolute Gasteiger partial charge is 0.0878 e. The van der Waals surface area contributed by atoms with Crippen LogP contribution in [0.5, 0.6) is 0 Å². The fraction of sp³-hybridized carbons (Fsp3) is 0.577. The molecule has 1 heterocycles. The lowest BCUT2D eigenvalue weighted by Gasteiger charge is -2.27. The van der Waals surface area contributed by atoms with Crippen LogP contribution in [-0.4, -0.2) is 18.8 Å². The normalized spacial score (nSPS) is 15.8. The Morgan fingerprint density at radius 2 is 1.80 bits per heavy atom. The zero-order valence-corrected chi connectivity index (χ0v) is 22.0. The number of rotatable bonds is 9. The molecule has 166 valence electrons. The minimum absolute atomic E-state index is 0.357. The molecular weight excluding hydrogens is 483 g/mol. The van der Waals surface area contributed by atoms with E-state index in [1.807, 2.05) is 42.8 Å². The maximum Gasteiger partial charge on any atom is 0.0878 e. The Morgan fingerprint density at radius 1 is 1.17 bits per heavy atom. The molecule has 1 N–H and O–H groups in total. The highest BCUT2D eigenvalue weighted by Crippen LogP contribution is 2.31. The highest BCUT2D eigenvalue weighted by atomic mass is 127. The molecule has 4 heteroatoms. The van der Waals surface area contributed by atoms with E-state index in [1.165, 1.54) is 12.0 Å². The topological polar surface area (TPSA) is 38.0 Å². The molecule has 0 aliphatic rings. The number of halogens is 1. The van der Waals surface area contributed by atoms with E-state index in [0.29, 0.717) is 9.34 Å². The summed E-state index contributed by atoms with van der Waals surface area (Å²) in [4.78, 5) is 0. The Hall–Kier alpha value is -1.14. The van der Waals surface area contributed by atoms with Gasteiger partial charge in [0.1, 0.15) is 0 Å². The number of aliphatic hydroxyl groups is 1. The molecule has 0 bridgehead atoms.